The fourth-order valence-corrected chi connectivity index (χ4v) is 3.48. The molecular weight excluding hydrogens is 228 g/mol. The Bertz CT molecular complexity index is 384. The molecule has 1 saturated carbocycles. The lowest BCUT2D eigenvalue weighted by Crippen LogP contribution is -2.30. The molecule has 0 amide bonds. The zero-order valence-electron chi connectivity index (χ0n) is 10.8. The standard InChI is InChI=1S/C14H22N2S/c1-11-6-5-7-12(13(11)15)16-10-14(17-2)8-3-4-9-14/h5-7,16H,3-4,8-10,15H2,1-2H3. The van der Waals surface area contributed by atoms with Gasteiger partial charge in [0.2, 0.25) is 0 Å². The minimum absolute atomic E-state index is 0.427. The Balaban J connectivity index is 2.04. The third-order valence-electron chi connectivity index (χ3n) is 3.87. The lowest BCUT2D eigenvalue weighted by molar-refractivity contribution is 0.640. The van der Waals surface area contributed by atoms with Gasteiger partial charge < -0.3 is 11.1 Å². The van der Waals surface area contributed by atoms with Gasteiger partial charge >= 0.3 is 0 Å². The summed E-state index contributed by atoms with van der Waals surface area (Å²) in [6.45, 7) is 3.09. The second-order valence-electron chi connectivity index (χ2n) is 4.98. The lowest BCUT2D eigenvalue weighted by atomic mass is 10.1. The van der Waals surface area contributed by atoms with E-state index in [4.69, 9.17) is 5.73 Å². The summed E-state index contributed by atoms with van der Waals surface area (Å²) in [5.74, 6) is 0. The number of benzene rings is 1. The molecule has 0 heterocycles. The lowest BCUT2D eigenvalue weighted by Gasteiger charge is -2.28. The number of anilines is 2. The van der Waals surface area contributed by atoms with E-state index in [2.05, 4.69) is 36.7 Å². The van der Waals surface area contributed by atoms with Crippen LogP contribution in [0.2, 0.25) is 0 Å². The maximum absolute atomic E-state index is 6.08. The third kappa shape index (κ3) is 2.71. The number of hydrogen-bond donors (Lipinski definition) is 2. The molecule has 0 unspecified atom stereocenters. The van der Waals surface area contributed by atoms with Gasteiger partial charge in [-0.2, -0.15) is 11.8 Å². The van der Waals surface area contributed by atoms with Crippen LogP contribution in [0.3, 0.4) is 0 Å². The van der Waals surface area contributed by atoms with Crippen molar-refractivity contribution in [1.29, 1.82) is 0 Å². The Kier molecular flexibility index (Phi) is 3.87. The van der Waals surface area contributed by atoms with E-state index in [1.165, 1.54) is 25.7 Å². The second-order valence-corrected chi connectivity index (χ2v) is 6.26. The summed E-state index contributed by atoms with van der Waals surface area (Å²) in [6.07, 6.45) is 7.62. The number of aryl methyl sites for hydroxylation is 1. The van der Waals surface area contributed by atoms with E-state index in [-0.39, 0.29) is 0 Å². The van der Waals surface area contributed by atoms with Gasteiger partial charge in [-0.3, -0.25) is 0 Å². The van der Waals surface area contributed by atoms with Crippen molar-refractivity contribution in [2.75, 3.05) is 23.9 Å². The smallest absolute Gasteiger partial charge is 0.0579 e. The van der Waals surface area contributed by atoms with Gasteiger partial charge in [0.15, 0.2) is 0 Å². The number of thioether (sulfide) groups is 1. The first-order valence-corrected chi connectivity index (χ1v) is 7.53. The van der Waals surface area contributed by atoms with Gasteiger partial charge in [0, 0.05) is 11.3 Å². The van der Waals surface area contributed by atoms with Crippen molar-refractivity contribution in [2.45, 2.75) is 37.4 Å². The van der Waals surface area contributed by atoms with Gasteiger partial charge in [-0.1, -0.05) is 25.0 Å². The van der Waals surface area contributed by atoms with Crippen LogP contribution in [0, 0.1) is 6.92 Å². The van der Waals surface area contributed by atoms with Crippen molar-refractivity contribution < 1.29 is 0 Å². The van der Waals surface area contributed by atoms with E-state index < -0.39 is 0 Å². The Hall–Kier alpha value is -0.830. The summed E-state index contributed by atoms with van der Waals surface area (Å²) in [5, 5.41) is 3.54. The van der Waals surface area contributed by atoms with Crippen LogP contribution in [-0.2, 0) is 0 Å². The highest BCUT2D eigenvalue weighted by Crippen LogP contribution is 2.40. The van der Waals surface area contributed by atoms with Crippen LogP contribution in [0.4, 0.5) is 11.4 Å². The van der Waals surface area contributed by atoms with Crippen LogP contribution in [0.1, 0.15) is 31.2 Å². The number of rotatable bonds is 4. The fourth-order valence-electron chi connectivity index (χ4n) is 2.56. The largest absolute Gasteiger partial charge is 0.397 e. The normalized spacial score (nSPS) is 18.2. The Morgan fingerprint density at radius 1 is 1.35 bits per heavy atom. The summed E-state index contributed by atoms with van der Waals surface area (Å²) in [5.41, 5.74) is 9.21. The fraction of sp³-hybridized carbons (Fsp3) is 0.571. The predicted octanol–water partition coefficient (Wildman–Crippen LogP) is 3.66. The van der Waals surface area contributed by atoms with E-state index in [1.807, 2.05) is 11.8 Å². The van der Waals surface area contributed by atoms with Gasteiger partial charge in [-0.05, 0) is 37.7 Å². The van der Waals surface area contributed by atoms with Gasteiger partial charge in [0.05, 0.1) is 11.4 Å². The quantitative estimate of drug-likeness (QED) is 0.801. The van der Waals surface area contributed by atoms with Crippen LogP contribution in [0.5, 0.6) is 0 Å². The molecule has 1 aliphatic rings. The molecule has 1 aromatic rings. The van der Waals surface area contributed by atoms with E-state index in [0.717, 1.165) is 23.5 Å². The highest BCUT2D eigenvalue weighted by molar-refractivity contribution is 8.00. The highest BCUT2D eigenvalue weighted by atomic mass is 32.2. The van der Waals surface area contributed by atoms with Crippen molar-refractivity contribution in [3.05, 3.63) is 23.8 Å². The minimum Gasteiger partial charge on any atom is -0.397 e. The van der Waals surface area contributed by atoms with Crippen molar-refractivity contribution in [1.82, 2.24) is 0 Å². The van der Waals surface area contributed by atoms with Crippen molar-refractivity contribution in [3.63, 3.8) is 0 Å². The zero-order chi connectivity index (χ0) is 12.3. The first kappa shape index (κ1) is 12.6. The van der Waals surface area contributed by atoms with Crippen LogP contribution in [0.25, 0.3) is 0 Å². The Morgan fingerprint density at radius 3 is 2.71 bits per heavy atom. The molecule has 0 bridgehead atoms. The van der Waals surface area contributed by atoms with E-state index in [1.54, 1.807) is 0 Å². The monoisotopic (exact) mass is 250 g/mol. The molecule has 0 spiro atoms. The Morgan fingerprint density at radius 2 is 2.06 bits per heavy atom. The third-order valence-corrected chi connectivity index (χ3v) is 5.29. The summed E-state index contributed by atoms with van der Waals surface area (Å²) >= 11 is 2.01. The molecule has 0 aromatic heterocycles. The van der Waals surface area contributed by atoms with Crippen molar-refractivity contribution in [3.8, 4) is 0 Å². The van der Waals surface area contributed by atoms with Gasteiger partial charge in [-0.15, -0.1) is 0 Å². The average molecular weight is 250 g/mol. The maximum Gasteiger partial charge on any atom is 0.0579 e. The first-order chi connectivity index (χ1) is 8.17. The summed E-state index contributed by atoms with van der Waals surface area (Å²) < 4.78 is 0.427. The molecule has 0 radical (unpaired) electrons. The van der Waals surface area contributed by atoms with Crippen LogP contribution in [-0.4, -0.2) is 17.5 Å². The molecule has 3 heteroatoms. The molecule has 1 aliphatic carbocycles. The van der Waals surface area contributed by atoms with Crippen LogP contribution >= 0.6 is 11.8 Å². The minimum atomic E-state index is 0.427. The van der Waals surface area contributed by atoms with Crippen LogP contribution in [0.15, 0.2) is 18.2 Å². The first-order valence-electron chi connectivity index (χ1n) is 6.31. The molecule has 0 saturated heterocycles. The Labute approximate surface area is 108 Å². The highest BCUT2D eigenvalue weighted by Gasteiger charge is 2.32. The van der Waals surface area contributed by atoms with Gasteiger partial charge in [0.1, 0.15) is 0 Å². The maximum atomic E-state index is 6.08. The molecule has 3 N–H and O–H groups in total. The summed E-state index contributed by atoms with van der Waals surface area (Å²) in [6, 6.07) is 6.19. The van der Waals surface area contributed by atoms with E-state index in [9.17, 15) is 0 Å². The molecule has 17 heavy (non-hydrogen) atoms. The molecule has 0 aliphatic heterocycles. The van der Waals surface area contributed by atoms with Crippen molar-refractivity contribution >= 4 is 23.1 Å². The zero-order valence-corrected chi connectivity index (χ0v) is 11.6. The number of nitrogen functional groups attached to an aromatic ring is 1. The molecule has 0 atom stereocenters. The van der Waals surface area contributed by atoms with Crippen molar-refractivity contribution in [2.24, 2.45) is 0 Å². The van der Waals surface area contributed by atoms with Gasteiger partial charge in [0.25, 0.3) is 0 Å². The SMILES string of the molecule is CSC1(CNc2cccc(C)c2N)CCCC1. The molecular formula is C14H22N2S. The summed E-state index contributed by atoms with van der Waals surface area (Å²) in [4.78, 5) is 0. The molecule has 2 nitrogen and oxygen atoms in total. The van der Waals surface area contributed by atoms with E-state index >= 15 is 0 Å². The predicted molar refractivity (Wildman–Crippen MR) is 78.8 cm³/mol. The molecule has 1 fully saturated rings. The number of para-hydroxylation sites is 1. The van der Waals surface area contributed by atoms with E-state index in [0.29, 0.717) is 4.75 Å². The second kappa shape index (κ2) is 5.21. The molecule has 1 aromatic carbocycles. The number of nitrogens with one attached hydrogen (secondary N) is 1. The number of nitrogens with two attached hydrogens (primary N) is 1. The summed E-state index contributed by atoms with van der Waals surface area (Å²) in [7, 11) is 0. The number of hydrogen-bond acceptors (Lipinski definition) is 3. The average Bonchev–Trinajstić information content (AvgIpc) is 2.81. The molecule has 94 valence electrons. The topological polar surface area (TPSA) is 38.0 Å². The van der Waals surface area contributed by atoms with Crippen LogP contribution < -0.4 is 11.1 Å². The molecule has 2 rings (SSSR count). The van der Waals surface area contributed by atoms with Gasteiger partial charge in [-0.25, -0.2) is 0 Å².